The van der Waals surface area contributed by atoms with Gasteiger partial charge in [0.15, 0.2) is 5.65 Å². The van der Waals surface area contributed by atoms with E-state index in [9.17, 15) is 13.2 Å². The fourth-order valence-corrected chi connectivity index (χ4v) is 5.99. The minimum atomic E-state index is -3.91. The molecule has 1 amide bonds. The Bertz CT molecular complexity index is 2000. The number of hydrogen-bond acceptors (Lipinski definition) is 4. The molecule has 39 heavy (non-hydrogen) atoms. The Balaban J connectivity index is 1.56. The Morgan fingerprint density at radius 3 is 2.59 bits per heavy atom. The molecule has 6 aromatic rings. The van der Waals surface area contributed by atoms with E-state index in [0.29, 0.717) is 16.7 Å². The van der Waals surface area contributed by atoms with Gasteiger partial charge in [0, 0.05) is 46.3 Å². The van der Waals surface area contributed by atoms with Crippen LogP contribution in [0.2, 0.25) is 0 Å². The number of aromatic amines is 1. The van der Waals surface area contributed by atoms with Crippen LogP contribution in [0, 0.1) is 6.92 Å². The van der Waals surface area contributed by atoms with Crippen molar-refractivity contribution >= 4 is 43.6 Å². The van der Waals surface area contributed by atoms with Gasteiger partial charge in [-0.2, -0.15) is 0 Å². The standard InChI is InChI=1S/C31H24N4O3S/c1-3-30(36)34-25-6-4-5-21(16-25)24-17-27-28(22-9-12-29-23(15-22)13-14-32-29)19-35(31(27)33-18-24)39(37,38)26-10-7-20(2)8-11-26/h3-19,32H,1H2,2H3,(H,34,36). The maximum atomic E-state index is 13.8. The molecule has 3 heterocycles. The number of nitrogens with one attached hydrogen (secondary N) is 2. The lowest BCUT2D eigenvalue weighted by atomic mass is 10.0. The quantitative estimate of drug-likeness (QED) is 0.239. The molecule has 0 saturated heterocycles. The third-order valence-corrected chi connectivity index (χ3v) is 8.37. The first-order valence-corrected chi connectivity index (χ1v) is 13.7. The first-order valence-electron chi connectivity index (χ1n) is 12.3. The Kier molecular flexibility index (Phi) is 5.89. The summed E-state index contributed by atoms with van der Waals surface area (Å²) in [5.74, 6) is -0.304. The molecule has 0 fully saturated rings. The lowest BCUT2D eigenvalue weighted by Crippen LogP contribution is -2.12. The van der Waals surface area contributed by atoms with E-state index in [0.717, 1.165) is 38.7 Å². The second-order valence-electron chi connectivity index (χ2n) is 9.31. The summed E-state index contributed by atoms with van der Waals surface area (Å²) in [6.07, 6.45) is 6.38. The zero-order chi connectivity index (χ0) is 27.1. The molecule has 7 nitrogen and oxygen atoms in total. The van der Waals surface area contributed by atoms with Crippen molar-refractivity contribution in [2.45, 2.75) is 11.8 Å². The average molecular weight is 533 g/mol. The van der Waals surface area contributed by atoms with E-state index in [4.69, 9.17) is 0 Å². The normalized spacial score (nSPS) is 11.6. The highest BCUT2D eigenvalue weighted by Crippen LogP contribution is 2.36. The third kappa shape index (κ3) is 4.41. The highest BCUT2D eigenvalue weighted by molar-refractivity contribution is 7.90. The van der Waals surface area contributed by atoms with E-state index in [1.807, 2.05) is 61.7 Å². The zero-order valence-electron chi connectivity index (χ0n) is 21.0. The molecule has 0 bridgehead atoms. The summed E-state index contributed by atoms with van der Waals surface area (Å²) in [6.45, 7) is 5.41. The minimum Gasteiger partial charge on any atom is -0.361 e. The molecule has 0 radical (unpaired) electrons. The number of nitrogens with zero attached hydrogens (tertiary/aromatic N) is 2. The second kappa shape index (κ2) is 9.41. The van der Waals surface area contributed by atoms with Crippen molar-refractivity contribution in [1.29, 1.82) is 0 Å². The molecular formula is C31H24N4O3S. The first-order chi connectivity index (χ1) is 18.8. The molecule has 3 aromatic carbocycles. The Hall–Kier alpha value is -4.95. The van der Waals surface area contributed by atoms with Crippen molar-refractivity contribution < 1.29 is 13.2 Å². The van der Waals surface area contributed by atoms with Crippen LogP contribution in [0.1, 0.15) is 5.56 Å². The highest BCUT2D eigenvalue weighted by atomic mass is 32.2. The lowest BCUT2D eigenvalue weighted by Gasteiger charge is -2.09. The monoisotopic (exact) mass is 532 g/mol. The minimum absolute atomic E-state index is 0.189. The topological polar surface area (TPSA) is 96.8 Å². The number of benzene rings is 3. The van der Waals surface area contributed by atoms with Crippen LogP contribution < -0.4 is 5.32 Å². The molecule has 192 valence electrons. The highest BCUT2D eigenvalue weighted by Gasteiger charge is 2.23. The number of carbonyl (C=O) groups excluding carboxylic acids is 1. The number of anilines is 1. The molecule has 0 aliphatic carbocycles. The molecule has 0 aliphatic rings. The third-order valence-electron chi connectivity index (χ3n) is 6.70. The Morgan fingerprint density at radius 1 is 0.974 bits per heavy atom. The van der Waals surface area contributed by atoms with Gasteiger partial charge < -0.3 is 10.3 Å². The summed E-state index contributed by atoms with van der Waals surface area (Å²) in [4.78, 5) is 19.8. The molecule has 0 spiro atoms. The summed E-state index contributed by atoms with van der Waals surface area (Å²) in [5, 5.41) is 4.48. The first kappa shape index (κ1) is 24.4. The molecule has 3 aromatic heterocycles. The number of fused-ring (bicyclic) bond motifs is 2. The average Bonchev–Trinajstić information content (AvgIpc) is 3.57. The van der Waals surface area contributed by atoms with Crippen LogP contribution in [-0.4, -0.2) is 28.3 Å². The van der Waals surface area contributed by atoms with Gasteiger partial charge in [-0.05, 0) is 78.0 Å². The van der Waals surface area contributed by atoms with E-state index in [-0.39, 0.29) is 10.8 Å². The number of aromatic nitrogens is 3. The fourth-order valence-electron chi connectivity index (χ4n) is 4.66. The number of pyridine rings is 1. The summed E-state index contributed by atoms with van der Waals surface area (Å²) >= 11 is 0. The summed E-state index contributed by atoms with van der Waals surface area (Å²) in [5.41, 5.74) is 6.15. The predicted octanol–water partition coefficient (Wildman–Crippen LogP) is 6.52. The van der Waals surface area contributed by atoms with E-state index in [1.165, 1.54) is 10.0 Å². The molecule has 8 heteroatoms. The molecule has 0 atom stereocenters. The maximum Gasteiger partial charge on any atom is 0.269 e. The molecular weight excluding hydrogens is 508 g/mol. The lowest BCUT2D eigenvalue weighted by molar-refractivity contribution is -0.111. The number of H-pyrrole nitrogens is 1. The molecule has 6 rings (SSSR count). The smallest absolute Gasteiger partial charge is 0.269 e. The van der Waals surface area contributed by atoms with Crippen LogP contribution >= 0.6 is 0 Å². The number of hydrogen-bond donors (Lipinski definition) is 2. The van der Waals surface area contributed by atoms with E-state index in [1.54, 1.807) is 42.7 Å². The largest absolute Gasteiger partial charge is 0.361 e. The molecule has 0 saturated carbocycles. The van der Waals surface area contributed by atoms with Crippen molar-refractivity contribution in [3.63, 3.8) is 0 Å². The number of aryl methyl sites for hydroxylation is 1. The van der Waals surface area contributed by atoms with Crippen LogP contribution in [0.15, 0.2) is 115 Å². The Labute approximate surface area is 225 Å². The number of amides is 1. The van der Waals surface area contributed by atoms with Crippen molar-refractivity contribution in [3.8, 4) is 22.3 Å². The fraction of sp³-hybridized carbons (Fsp3) is 0.0323. The van der Waals surface area contributed by atoms with E-state index in [2.05, 4.69) is 21.9 Å². The Morgan fingerprint density at radius 2 is 1.79 bits per heavy atom. The van der Waals surface area contributed by atoms with Gasteiger partial charge >= 0.3 is 0 Å². The predicted molar refractivity (Wildman–Crippen MR) is 155 cm³/mol. The van der Waals surface area contributed by atoms with Crippen LogP contribution in [0.5, 0.6) is 0 Å². The van der Waals surface area contributed by atoms with Gasteiger partial charge in [-0.3, -0.25) is 4.79 Å². The van der Waals surface area contributed by atoms with Crippen molar-refractivity contribution in [2.24, 2.45) is 0 Å². The van der Waals surface area contributed by atoms with Gasteiger partial charge in [-0.1, -0.05) is 42.5 Å². The van der Waals surface area contributed by atoms with Gasteiger partial charge in [-0.25, -0.2) is 17.4 Å². The zero-order valence-corrected chi connectivity index (χ0v) is 21.9. The summed E-state index contributed by atoms with van der Waals surface area (Å²) < 4.78 is 28.8. The van der Waals surface area contributed by atoms with Gasteiger partial charge in [0.2, 0.25) is 5.91 Å². The van der Waals surface area contributed by atoms with Crippen LogP contribution in [0.25, 0.3) is 44.2 Å². The van der Waals surface area contributed by atoms with E-state index < -0.39 is 10.0 Å². The molecule has 0 aliphatic heterocycles. The van der Waals surface area contributed by atoms with Crippen molar-refractivity contribution in [2.75, 3.05) is 5.32 Å². The molecule has 2 N–H and O–H groups in total. The number of rotatable bonds is 6. The second-order valence-corrected chi connectivity index (χ2v) is 11.1. The molecule has 0 unspecified atom stereocenters. The van der Waals surface area contributed by atoms with Crippen LogP contribution in [0.3, 0.4) is 0 Å². The van der Waals surface area contributed by atoms with Gasteiger partial charge in [-0.15, -0.1) is 0 Å². The maximum absolute atomic E-state index is 13.8. The number of carbonyl (C=O) groups is 1. The van der Waals surface area contributed by atoms with E-state index >= 15 is 0 Å². The van der Waals surface area contributed by atoms with Crippen LogP contribution in [0.4, 0.5) is 5.69 Å². The van der Waals surface area contributed by atoms with Gasteiger partial charge in [0.1, 0.15) is 0 Å². The van der Waals surface area contributed by atoms with Crippen molar-refractivity contribution in [3.05, 3.63) is 116 Å². The summed E-state index contributed by atoms with van der Waals surface area (Å²) in [7, 11) is -3.91. The summed E-state index contributed by atoms with van der Waals surface area (Å²) in [6, 6.07) is 24.1. The van der Waals surface area contributed by atoms with Gasteiger partial charge in [0.25, 0.3) is 10.0 Å². The van der Waals surface area contributed by atoms with Crippen molar-refractivity contribution in [1.82, 2.24) is 13.9 Å². The van der Waals surface area contributed by atoms with Gasteiger partial charge in [0.05, 0.1) is 4.90 Å². The van der Waals surface area contributed by atoms with Crippen LogP contribution in [-0.2, 0) is 14.8 Å². The SMILES string of the molecule is C=CC(=O)Nc1cccc(-c2cnc3c(c2)c(-c2ccc4[nH]ccc4c2)cn3S(=O)(=O)c2ccc(C)cc2)c1.